The van der Waals surface area contributed by atoms with Crippen LogP contribution in [0, 0.1) is 0 Å². The van der Waals surface area contributed by atoms with Crippen molar-refractivity contribution in [1.82, 2.24) is 0 Å². The van der Waals surface area contributed by atoms with E-state index in [0.717, 1.165) is 30.3 Å². The van der Waals surface area contributed by atoms with Crippen molar-refractivity contribution < 1.29 is 36.2 Å². The monoisotopic (exact) mass is 492 g/mol. The Labute approximate surface area is 190 Å². The number of benzene rings is 3. The zero-order chi connectivity index (χ0) is 24.2. The molecule has 0 aromatic heterocycles. The summed E-state index contributed by atoms with van der Waals surface area (Å²) in [5, 5.41) is 8.97. The van der Waals surface area contributed by atoms with Crippen molar-refractivity contribution in [2.75, 3.05) is 23.7 Å². The maximum Gasteiger partial charge on any atom is 0.335 e. The van der Waals surface area contributed by atoms with E-state index in [-0.39, 0.29) is 32.5 Å². The topological polar surface area (TPSA) is 148 Å². The SMILES string of the molecule is COc1ccc(NS(=O)(=O)c2ccc(OC)c(NS(=O)(=O)c3ccc(C(=O)O)cc3)c2)cc1. The summed E-state index contributed by atoms with van der Waals surface area (Å²) in [5.41, 5.74) is 0.0916. The average Bonchev–Trinajstić information content (AvgIpc) is 2.79. The Bertz CT molecular complexity index is 1370. The zero-order valence-corrected chi connectivity index (χ0v) is 19.1. The molecule has 0 fully saturated rings. The van der Waals surface area contributed by atoms with E-state index in [9.17, 15) is 21.6 Å². The summed E-state index contributed by atoms with van der Waals surface area (Å²) in [6, 6.07) is 14.5. The molecule has 0 unspecified atom stereocenters. The molecule has 3 N–H and O–H groups in total. The summed E-state index contributed by atoms with van der Waals surface area (Å²) >= 11 is 0. The van der Waals surface area contributed by atoms with Gasteiger partial charge in [-0.3, -0.25) is 9.44 Å². The number of carbonyl (C=O) groups is 1. The second-order valence-corrected chi connectivity index (χ2v) is 10.00. The van der Waals surface area contributed by atoms with Gasteiger partial charge in [-0.2, -0.15) is 0 Å². The highest BCUT2D eigenvalue weighted by Crippen LogP contribution is 2.30. The Morgan fingerprint density at radius 1 is 0.758 bits per heavy atom. The Balaban J connectivity index is 1.91. The maximum atomic E-state index is 12.8. The van der Waals surface area contributed by atoms with Gasteiger partial charge in [0.2, 0.25) is 0 Å². The Morgan fingerprint density at radius 2 is 1.33 bits per heavy atom. The first-order valence-corrected chi connectivity index (χ1v) is 12.2. The lowest BCUT2D eigenvalue weighted by atomic mass is 10.2. The van der Waals surface area contributed by atoms with Gasteiger partial charge in [0, 0.05) is 5.69 Å². The molecule has 12 heteroatoms. The number of hydrogen-bond donors (Lipinski definition) is 3. The molecule has 3 aromatic carbocycles. The van der Waals surface area contributed by atoms with E-state index < -0.39 is 26.0 Å². The van der Waals surface area contributed by atoms with Crippen molar-refractivity contribution in [2.24, 2.45) is 0 Å². The lowest BCUT2D eigenvalue weighted by Gasteiger charge is -2.14. The third kappa shape index (κ3) is 5.54. The quantitative estimate of drug-likeness (QED) is 0.413. The number of anilines is 2. The van der Waals surface area contributed by atoms with E-state index in [2.05, 4.69) is 9.44 Å². The van der Waals surface area contributed by atoms with Crippen molar-refractivity contribution in [3.05, 3.63) is 72.3 Å². The first kappa shape index (κ1) is 23.9. The molecule has 33 heavy (non-hydrogen) atoms. The molecule has 0 aliphatic carbocycles. The minimum Gasteiger partial charge on any atom is -0.497 e. The molecule has 0 bridgehead atoms. The van der Waals surface area contributed by atoms with Crippen LogP contribution in [0.25, 0.3) is 0 Å². The Morgan fingerprint density at radius 3 is 1.88 bits per heavy atom. The highest BCUT2D eigenvalue weighted by molar-refractivity contribution is 7.93. The summed E-state index contributed by atoms with van der Waals surface area (Å²) in [6.07, 6.45) is 0. The maximum absolute atomic E-state index is 12.8. The van der Waals surface area contributed by atoms with E-state index in [1.165, 1.54) is 38.5 Å². The Kier molecular flexibility index (Phi) is 6.79. The van der Waals surface area contributed by atoms with Gasteiger partial charge in [0.25, 0.3) is 20.0 Å². The van der Waals surface area contributed by atoms with Crippen LogP contribution in [0.2, 0.25) is 0 Å². The zero-order valence-electron chi connectivity index (χ0n) is 17.5. The predicted molar refractivity (Wildman–Crippen MR) is 121 cm³/mol. The number of carboxylic acids is 1. The van der Waals surface area contributed by atoms with E-state index in [0.29, 0.717) is 5.75 Å². The molecule has 0 atom stereocenters. The second kappa shape index (κ2) is 9.38. The van der Waals surface area contributed by atoms with Crippen LogP contribution >= 0.6 is 0 Å². The van der Waals surface area contributed by atoms with Gasteiger partial charge in [-0.15, -0.1) is 0 Å². The molecular weight excluding hydrogens is 472 g/mol. The molecule has 174 valence electrons. The fourth-order valence-corrected chi connectivity index (χ4v) is 4.93. The van der Waals surface area contributed by atoms with Gasteiger partial charge < -0.3 is 14.6 Å². The molecule has 0 radical (unpaired) electrons. The summed E-state index contributed by atoms with van der Waals surface area (Å²) in [7, 11) is -5.44. The van der Waals surface area contributed by atoms with Crippen molar-refractivity contribution in [2.45, 2.75) is 9.79 Å². The number of carboxylic acid groups (broad SMARTS) is 1. The summed E-state index contributed by atoms with van der Waals surface area (Å²) in [5.74, 6) is -0.560. The predicted octanol–water partition coefficient (Wildman–Crippen LogP) is 3.00. The number of rotatable bonds is 9. The number of sulfonamides is 2. The molecule has 0 amide bonds. The van der Waals surface area contributed by atoms with Crippen LogP contribution in [0.15, 0.2) is 76.5 Å². The molecule has 0 saturated carbocycles. The first-order valence-electron chi connectivity index (χ1n) is 9.27. The molecule has 3 aromatic rings. The van der Waals surface area contributed by atoms with Crippen molar-refractivity contribution in [1.29, 1.82) is 0 Å². The summed E-state index contributed by atoms with van der Waals surface area (Å²) < 4.78 is 66.1. The van der Waals surface area contributed by atoms with Gasteiger partial charge in [0.05, 0.1) is 35.3 Å². The first-order chi connectivity index (χ1) is 15.6. The van der Waals surface area contributed by atoms with Crippen molar-refractivity contribution in [3.8, 4) is 11.5 Å². The second-order valence-electron chi connectivity index (χ2n) is 6.63. The standard InChI is InChI=1S/C21H20N2O8S2/c1-30-16-7-5-15(6-8-16)22-33(28,29)18-11-12-20(31-2)19(13-18)23-32(26,27)17-9-3-14(4-10-17)21(24)25/h3-13,22-23H,1-2H3,(H,24,25). The third-order valence-electron chi connectivity index (χ3n) is 4.48. The van der Waals surface area contributed by atoms with Crippen LogP contribution in [0.3, 0.4) is 0 Å². The van der Waals surface area contributed by atoms with Gasteiger partial charge >= 0.3 is 5.97 Å². The Hall–Kier alpha value is -3.77. The molecule has 0 saturated heterocycles. The third-order valence-corrected chi connectivity index (χ3v) is 7.24. The molecule has 10 nitrogen and oxygen atoms in total. The summed E-state index contributed by atoms with van der Waals surface area (Å²) in [6.45, 7) is 0. The molecule has 0 aliphatic heterocycles. The van der Waals surface area contributed by atoms with Gasteiger partial charge in [-0.1, -0.05) is 0 Å². The van der Waals surface area contributed by atoms with Crippen LogP contribution in [-0.4, -0.2) is 42.1 Å². The van der Waals surface area contributed by atoms with E-state index in [1.54, 1.807) is 12.1 Å². The number of nitrogens with one attached hydrogen (secondary N) is 2. The molecule has 3 rings (SSSR count). The summed E-state index contributed by atoms with van der Waals surface area (Å²) in [4.78, 5) is 10.6. The molecular formula is C21H20N2O8S2. The molecule has 0 aliphatic rings. The van der Waals surface area contributed by atoms with E-state index in [1.807, 2.05) is 0 Å². The molecule has 0 heterocycles. The van der Waals surface area contributed by atoms with Crippen molar-refractivity contribution in [3.63, 3.8) is 0 Å². The van der Waals surface area contributed by atoms with Crippen LogP contribution in [0.5, 0.6) is 11.5 Å². The van der Waals surface area contributed by atoms with E-state index >= 15 is 0 Å². The minimum absolute atomic E-state index is 0.0794. The molecule has 0 spiro atoms. The van der Waals surface area contributed by atoms with Crippen molar-refractivity contribution >= 4 is 37.4 Å². The minimum atomic E-state index is -4.17. The average molecular weight is 493 g/mol. The normalized spacial score (nSPS) is 11.5. The fourth-order valence-electron chi connectivity index (χ4n) is 2.79. The van der Waals surface area contributed by atoms with Crippen LogP contribution in [-0.2, 0) is 20.0 Å². The lowest BCUT2D eigenvalue weighted by molar-refractivity contribution is 0.0696. The van der Waals surface area contributed by atoms with Gasteiger partial charge in [-0.25, -0.2) is 21.6 Å². The van der Waals surface area contributed by atoms with Crippen LogP contribution in [0.4, 0.5) is 11.4 Å². The number of methoxy groups -OCH3 is 2. The van der Waals surface area contributed by atoms with Crippen LogP contribution < -0.4 is 18.9 Å². The lowest BCUT2D eigenvalue weighted by Crippen LogP contribution is -2.16. The van der Waals surface area contributed by atoms with E-state index in [4.69, 9.17) is 14.6 Å². The highest BCUT2D eigenvalue weighted by atomic mass is 32.2. The largest absolute Gasteiger partial charge is 0.497 e. The fraction of sp³-hybridized carbons (Fsp3) is 0.0952. The smallest absolute Gasteiger partial charge is 0.335 e. The number of aromatic carboxylic acids is 1. The van der Waals surface area contributed by atoms with Gasteiger partial charge in [-0.05, 0) is 66.7 Å². The number of ether oxygens (including phenoxy) is 2. The van der Waals surface area contributed by atoms with Gasteiger partial charge in [0.1, 0.15) is 11.5 Å². The highest BCUT2D eigenvalue weighted by Gasteiger charge is 2.21. The number of hydrogen-bond acceptors (Lipinski definition) is 7. The van der Waals surface area contributed by atoms with Gasteiger partial charge in [0.15, 0.2) is 0 Å². The van der Waals surface area contributed by atoms with Crippen LogP contribution in [0.1, 0.15) is 10.4 Å².